The highest BCUT2D eigenvalue weighted by molar-refractivity contribution is 7.82. The van der Waals surface area contributed by atoms with Crippen molar-refractivity contribution in [3.63, 3.8) is 0 Å². The Bertz CT molecular complexity index is 1690. The number of carboxylic acids is 1. The minimum absolute atomic E-state index is 0.0230. The topological polar surface area (TPSA) is 104 Å². The molecule has 4 aromatic rings. The van der Waals surface area contributed by atoms with Gasteiger partial charge in [-0.2, -0.15) is 13.2 Å². The monoisotopic (exact) mass is 584 g/mol. The smallest absolute Gasteiger partial charge is 0.452 e. The normalized spacial score (nSPS) is 19.8. The van der Waals surface area contributed by atoms with Crippen LogP contribution in [0.1, 0.15) is 52.4 Å². The summed E-state index contributed by atoms with van der Waals surface area (Å²) in [5, 5.41) is 16.9. The molecule has 0 aliphatic carbocycles. The first kappa shape index (κ1) is 27.3. The van der Waals surface area contributed by atoms with Gasteiger partial charge < -0.3 is 10.0 Å². The number of pyridine rings is 2. The van der Waals surface area contributed by atoms with Gasteiger partial charge in [-0.1, -0.05) is 18.2 Å². The lowest BCUT2D eigenvalue weighted by Gasteiger charge is -2.41. The lowest BCUT2D eigenvalue weighted by molar-refractivity contribution is -0.145. The summed E-state index contributed by atoms with van der Waals surface area (Å²) in [6.07, 6.45) is -1.03. The Balaban J connectivity index is 1.37. The van der Waals surface area contributed by atoms with Crippen molar-refractivity contribution >= 4 is 28.4 Å². The fourth-order valence-corrected chi connectivity index (χ4v) is 7.09. The molecule has 3 atom stereocenters. The molecule has 6 rings (SSSR count). The Morgan fingerprint density at radius 1 is 1.20 bits per heavy atom. The van der Waals surface area contributed by atoms with Gasteiger partial charge in [-0.3, -0.25) is 9.20 Å². The molecule has 0 radical (unpaired) electrons. The Morgan fingerprint density at radius 3 is 2.71 bits per heavy atom. The molecule has 0 saturated carbocycles. The highest BCUT2D eigenvalue weighted by atomic mass is 32.2. The molecule has 1 saturated heterocycles. The zero-order valence-corrected chi connectivity index (χ0v) is 23.1. The molecule has 2 aliphatic rings. The lowest BCUT2D eigenvalue weighted by atomic mass is 9.85. The molecule has 5 heterocycles. The number of aryl methyl sites for hydroxylation is 2. The number of hydrogen-bond acceptors (Lipinski definition) is 6. The maximum atomic E-state index is 13.7. The van der Waals surface area contributed by atoms with Crippen LogP contribution in [0.5, 0.6) is 0 Å². The summed E-state index contributed by atoms with van der Waals surface area (Å²) in [5.74, 6) is -2.08. The second kappa shape index (κ2) is 10.2. The van der Waals surface area contributed by atoms with Crippen molar-refractivity contribution in [1.29, 1.82) is 0 Å². The zero-order valence-electron chi connectivity index (χ0n) is 22.3. The number of nitrogens with zero attached hydrogens (tertiary/aromatic N) is 6. The van der Waals surface area contributed by atoms with Gasteiger partial charge in [-0.15, -0.1) is 10.2 Å². The van der Waals surface area contributed by atoms with E-state index in [1.54, 1.807) is 19.2 Å². The minimum atomic E-state index is -4.68. The van der Waals surface area contributed by atoms with Crippen LogP contribution in [0.3, 0.4) is 0 Å². The maximum Gasteiger partial charge on any atom is 0.452 e. The van der Waals surface area contributed by atoms with Crippen molar-refractivity contribution in [3.8, 4) is 0 Å². The van der Waals surface area contributed by atoms with Crippen LogP contribution in [0.2, 0.25) is 0 Å². The Hall–Kier alpha value is -3.84. The summed E-state index contributed by atoms with van der Waals surface area (Å²) in [6, 6.07) is 11.0. The SMILES string of the molecule is Cc1ccc(C(CC(=O)O)c2ccn3c(C(F)(F)F)nnc3c2C)cc1CN1CC2CCN2c2ncccc2S1=O. The third kappa shape index (κ3) is 4.86. The first-order valence-electron chi connectivity index (χ1n) is 13.1. The van der Waals surface area contributed by atoms with Crippen LogP contribution in [-0.2, 0) is 28.5 Å². The maximum absolute atomic E-state index is 13.7. The number of rotatable bonds is 6. The first-order valence-corrected chi connectivity index (χ1v) is 14.2. The van der Waals surface area contributed by atoms with Gasteiger partial charge in [0.1, 0.15) is 16.8 Å². The number of carboxylic acid groups (broad SMARTS) is 1. The summed E-state index contributed by atoms with van der Waals surface area (Å²) in [5.41, 5.74) is 3.55. The number of anilines is 1. The Morgan fingerprint density at radius 2 is 2.00 bits per heavy atom. The number of fused-ring (bicyclic) bond motifs is 4. The van der Waals surface area contributed by atoms with Crippen molar-refractivity contribution in [2.24, 2.45) is 0 Å². The standard InChI is InChI=1S/C28H27F3N6O3S/c1-16-5-6-18(12-19(16)14-35-15-20-7-10-36(20)26-23(41(35)40)4-3-9-32-26)22(13-24(38)39)21-8-11-37-25(17(21)2)33-34-27(37)28(29,30)31/h3-6,8-9,11-12,20,22H,7,10,13-15H2,1-2H3,(H,38,39). The number of hydrogen-bond donors (Lipinski definition) is 1. The minimum Gasteiger partial charge on any atom is -0.481 e. The van der Waals surface area contributed by atoms with Crippen LogP contribution < -0.4 is 4.90 Å². The summed E-state index contributed by atoms with van der Waals surface area (Å²) >= 11 is 0. The van der Waals surface area contributed by atoms with Gasteiger partial charge in [0.25, 0.3) is 0 Å². The zero-order chi connectivity index (χ0) is 29.1. The van der Waals surface area contributed by atoms with Crippen molar-refractivity contribution in [3.05, 3.63) is 82.4 Å². The van der Waals surface area contributed by atoms with Gasteiger partial charge in [-0.05, 0) is 66.3 Å². The molecule has 3 unspecified atom stereocenters. The molecule has 2 aliphatic heterocycles. The van der Waals surface area contributed by atoms with Crippen LogP contribution in [-0.4, -0.2) is 58.3 Å². The van der Waals surface area contributed by atoms with E-state index in [0.29, 0.717) is 34.7 Å². The summed E-state index contributed by atoms with van der Waals surface area (Å²) in [6.45, 7) is 5.41. The van der Waals surface area contributed by atoms with E-state index in [0.717, 1.165) is 34.3 Å². The Kier molecular flexibility index (Phi) is 6.81. The van der Waals surface area contributed by atoms with Crippen LogP contribution in [0.15, 0.2) is 53.7 Å². The van der Waals surface area contributed by atoms with E-state index in [-0.39, 0.29) is 18.1 Å². The van der Waals surface area contributed by atoms with E-state index in [1.165, 1.54) is 12.3 Å². The van der Waals surface area contributed by atoms with Crippen LogP contribution >= 0.6 is 0 Å². The molecule has 3 aromatic heterocycles. The molecule has 0 bridgehead atoms. The van der Waals surface area contributed by atoms with E-state index >= 15 is 0 Å². The molecule has 13 heteroatoms. The molecule has 0 amide bonds. The third-order valence-electron chi connectivity index (χ3n) is 8.00. The molecule has 214 valence electrons. The fourth-order valence-electron chi connectivity index (χ4n) is 5.73. The van der Waals surface area contributed by atoms with Crippen LogP contribution in [0.4, 0.5) is 19.0 Å². The second-order valence-corrected chi connectivity index (χ2v) is 11.9. The number of aromatic nitrogens is 4. The van der Waals surface area contributed by atoms with Crippen molar-refractivity contribution in [2.75, 3.05) is 18.0 Å². The predicted molar refractivity (Wildman–Crippen MR) is 145 cm³/mol. The molecule has 41 heavy (non-hydrogen) atoms. The number of halogens is 3. The number of alkyl halides is 3. The fraction of sp³-hybridized carbons (Fsp3) is 0.357. The molecular formula is C28H27F3N6O3S. The highest BCUT2D eigenvalue weighted by Gasteiger charge is 2.39. The van der Waals surface area contributed by atoms with E-state index in [2.05, 4.69) is 20.1 Å². The number of aliphatic carboxylic acids is 1. The summed E-state index contributed by atoms with van der Waals surface area (Å²) < 4.78 is 56.7. The van der Waals surface area contributed by atoms with E-state index in [9.17, 15) is 27.3 Å². The number of carbonyl (C=O) groups is 1. The molecular weight excluding hydrogens is 557 g/mol. The van der Waals surface area contributed by atoms with Crippen LogP contribution in [0, 0.1) is 13.8 Å². The molecule has 1 fully saturated rings. The second-order valence-electron chi connectivity index (χ2n) is 10.5. The van der Waals surface area contributed by atoms with Crippen molar-refractivity contribution in [2.45, 2.75) is 56.3 Å². The number of benzene rings is 1. The van der Waals surface area contributed by atoms with Crippen molar-refractivity contribution in [1.82, 2.24) is 23.9 Å². The van der Waals surface area contributed by atoms with Gasteiger partial charge in [0.05, 0.1) is 11.3 Å². The van der Waals surface area contributed by atoms with Gasteiger partial charge in [0.15, 0.2) is 5.65 Å². The van der Waals surface area contributed by atoms with E-state index < -0.39 is 34.9 Å². The quantitative estimate of drug-likeness (QED) is 0.356. The molecule has 1 aromatic carbocycles. The molecule has 1 N–H and O–H groups in total. The predicted octanol–water partition coefficient (Wildman–Crippen LogP) is 4.48. The average molecular weight is 585 g/mol. The van der Waals surface area contributed by atoms with Crippen LogP contribution in [0.25, 0.3) is 5.65 Å². The summed E-state index contributed by atoms with van der Waals surface area (Å²) in [4.78, 5) is 19.3. The lowest BCUT2D eigenvalue weighted by Crippen LogP contribution is -2.52. The van der Waals surface area contributed by atoms with Gasteiger partial charge in [0, 0.05) is 44.0 Å². The van der Waals surface area contributed by atoms with E-state index in [4.69, 9.17) is 0 Å². The average Bonchev–Trinajstić information content (AvgIpc) is 3.34. The van der Waals surface area contributed by atoms with Crippen molar-refractivity contribution < 1.29 is 27.3 Å². The van der Waals surface area contributed by atoms with Gasteiger partial charge in [-0.25, -0.2) is 13.5 Å². The third-order valence-corrected chi connectivity index (χ3v) is 9.44. The molecule has 9 nitrogen and oxygen atoms in total. The van der Waals surface area contributed by atoms with Gasteiger partial charge in [0.2, 0.25) is 5.82 Å². The molecule has 0 spiro atoms. The Labute approximate surface area is 236 Å². The van der Waals surface area contributed by atoms with Gasteiger partial charge >= 0.3 is 12.1 Å². The summed E-state index contributed by atoms with van der Waals surface area (Å²) in [7, 11) is -1.44. The van der Waals surface area contributed by atoms with E-state index in [1.807, 2.05) is 35.5 Å². The largest absolute Gasteiger partial charge is 0.481 e. The first-order chi connectivity index (χ1) is 19.5. The highest BCUT2D eigenvalue weighted by Crippen LogP contribution is 2.37.